The van der Waals surface area contributed by atoms with E-state index in [4.69, 9.17) is 4.79 Å². The van der Waals surface area contributed by atoms with Gasteiger partial charge in [0.05, 0.1) is 0 Å². The third kappa shape index (κ3) is 41.1. The molecule has 0 saturated carbocycles. The van der Waals surface area contributed by atoms with Crippen LogP contribution in [-0.2, 0) is 42.3 Å². The van der Waals surface area contributed by atoms with E-state index in [1.165, 1.54) is 0 Å². The van der Waals surface area contributed by atoms with E-state index < -0.39 is 0 Å². The van der Waals surface area contributed by atoms with Gasteiger partial charge in [0.15, 0.2) is 0 Å². The van der Waals surface area contributed by atoms with Crippen LogP contribution in [0.1, 0.15) is 20.8 Å². The van der Waals surface area contributed by atoms with Crippen LogP contribution in [0.5, 0.6) is 0 Å². The van der Waals surface area contributed by atoms with Crippen molar-refractivity contribution in [3.8, 4) is 0 Å². The quantitative estimate of drug-likeness (QED) is 0.464. The number of hydrogen-bond acceptors (Lipinski definition) is 2. The molecule has 1 radical (unpaired) electrons. The van der Waals surface area contributed by atoms with E-state index in [-0.39, 0.29) is 38.1 Å². The van der Waals surface area contributed by atoms with Gasteiger partial charge in [-0.15, -0.1) is 5.41 Å². The van der Waals surface area contributed by atoms with Crippen molar-refractivity contribution in [1.82, 2.24) is 0 Å². The van der Waals surface area contributed by atoms with Crippen molar-refractivity contribution in [3.05, 3.63) is 0 Å². The second kappa shape index (κ2) is 9.24. The maximum absolute atomic E-state index is 9.70. The molecule has 0 fully saturated rings. The predicted octanol–water partition coefficient (Wildman–Crippen LogP) is 0.152. The van der Waals surface area contributed by atoms with Crippen molar-refractivity contribution in [3.63, 3.8) is 0 Å². The summed E-state index contributed by atoms with van der Waals surface area (Å²) in [6, 6.07) is 0. The molecular formula is C6H11NO2Y-2. The molecule has 0 heterocycles. The molecule has 0 spiro atoms. The van der Waals surface area contributed by atoms with Gasteiger partial charge in [0.2, 0.25) is 0 Å². The molecule has 57 valence electrons. The summed E-state index contributed by atoms with van der Waals surface area (Å²) in [6.45, 7) is 5.46. The van der Waals surface area contributed by atoms with Crippen LogP contribution < -0.4 is 5.73 Å². The molecule has 3 nitrogen and oxygen atoms in total. The Morgan fingerprint density at radius 2 is 1.30 bits per heavy atom. The summed E-state index contributed by atoms with van der Waals surface area (Å²) in [5.41, 5.74) is 3.78. The Kier molecular flexibility index (Phi) is 15.4. The summed E-state index contributed by atoms with van der Waals surface area (Å²) in [5.74, 6) is 0. The first-order valence-electron chi connectivity index (χ1n) is 2.45. The van der Waals surface area contributed by atoms with E-state index in [2.05, 4.69) is 5.73 Å². The molecule has 10 heavy (non-hydrogen) atoms. The molecule has 0 aromatic heterocycles. The van der Waals surface area contributed by atoms with Crippen molar-refractivity contribution in [2.45, 2.75) is 20.8 Å². The van der Waals surface area contributed by atoms with Gasteiger partial charge in [0.25, 0.3) is 0 Å². The van der Waals surface area contributed by atoms with Gasteiger partial charge in [-0.1, -0.05) is 20.8 Å². The van der Waals surface area contributed by atoms with E-state index in [9.17, 15) is 4.79 Å². The Morgan fingerprint density at radius 3 is 1.30 bits per heavy atom. The molecule has 0 saturated heterocycles. The minimum atomic E-state index is -0.264. The topological polar surface area (TPSA) is 60.2 Å². The average molecular weight is 218 g/mol. The van der Waals surface area contributed by atoms with Crippen molar-refractivity contribution < 1.29 is 42.3 Å². The van der Waals surface area contributed by atoms with Crippen LogP contribution in [-0.4, -0.2) is 12.7 Å². The first kappa shape index (κ1) is 16.7. The summed E-state index contributed by atoms with van der Waals surface area (Å²) in [4.78, 5) is 18.2. The van der Waals surface area contributed by atoms with E-state index in [1.54, 1.807) is 0 Å². The van der Waals surface area contributed by atoms with Crippen molar-refractivity contribution >= 4 is 12.7 Å². The zero-order valence-corrected chi connectivity index (χ0v) is 9.31. The van der Waals surface area contributed by atoms with Gasteiger partial charge in [-0.25, -0.2) is 0 Å². The molecule has 4 heteroatoms. The van der Waals surface area contributed by atoms with Gasteiger partial charge >= 0.3 is 0 Å². The fourth-order valence-electron chi connectivity index (χ4n) is 0. The Hall–Kier alpha value is 0.244. The average Bonchev–Trinajstić information content (AvgIpc) is 1.67. The van der Waals surface area contributed by atoms with Gasteiger partial charge in [-0.3, -0.25) is 6.29 Å². The molecule has 0 atom stereocenters. The normalized spacial score (nSPS) is 7.90. The maximum atomic E-state index is 9.70. The zero-order chi connectivity index (χ0) is 7.91. The minimum absolute atomic E-state index is 0. The molecule has 0 aliphatic heterocycles. The number of hydrogen-bond donors (Lipinski definition) is 1. The molecule has 2 N–H and O–H groups in total. The van der Waals surface area contributed by atoms with Crippen LogP contribution in [0.2, 0.25) is 0 Å². The zero-order valence-electron chi connectivity index (χ0n) is 6.47. The van der Waals surface area contributed by atoms with Crippen LogP contribution in [0.25, 0.3) is 0 Å². The molecule has 0 unspecified atom stereocenters. The fourth-order valence-corrected chi connectivity index (χ4v) is 0. The molecular weight excluding hydrogens is 207 g/mol. The van der Waals surface area contributed by atoms with Crippen LogP contribution in [0, 0.1) is 5.41 Å². The standard InChI is InChI=1S/C5H9O.CH2NO.Y/c1-5(2,3)4-6;2-1-3;/h1-3H3;(H2,2,3);/q2*-1;. The van der Waals surface area contributed by atoms with Crippen LogP contribution in [0.4, 0.5) is 0 Å². The Bertz CT molecular complexity index is 88.2. The molecule has 1 amide bonds. The minimum Gasteiger partial charge on any atom is -0.543 e. The van der Waals surface area contributed by atoms with Crippen molar-refractivity contribution in [1.29, 1.82) is 0 Å². The van der Waals surface area contributed by atoms with Gasteiger partial charge in [0.1, 0.15) is 0 Å². The fraction of sp³-hybridized carbons (Fsp3) is 0.667. The number of carbonyl (C=O) groups excluding carboxylic acids is 2. The second-order valence-corrected chi connectivity index (χ2v) is 2.47. The molecule has 0 aromatic rings. The second-order valence-electron chi connectivity index (χ2n) is 2.47. The van der Waals surface area contributed by atoms with Crippen molar-refractivity contribution in [2.24, 2.45) is 11.1 Å². The summed E-state index contributed by atoms with van der Waals surface area (Å²) >= 11 is 0. The number of primary amides is 1. The largest absolute Gasteiger partial charge is 0.543 e. The van der Waals surface area contributed by atoms with Gasteiger partial charge in [0, 0.05) is 32.7 Å². The van der Waals surface area contributed by atoms with Crippen LogP contribution in [0.15, 0.2) is 0 Å². The van der Waals surface area contributed by atoms with Gasteiger partial charge in [-0.05, 0) is 0 Å². The van der Waals surface area contributed by atoms with E-state index in [1.807, 2.05) is 27.1 Å². The molecule has 0 aliphatic rings. The Balaban J connectivity index is -0.000000107. The first-order chi connectivity index (χ1) is 3.97. The van der Waals surface area contributed by atoms with Crippen LogP contribution in [0.3, 0.4) is 0 Å². The molecule has 0 bridgehead atoms. The van der Waals surface area contributed by atoms with E-state index >= 15 is 0 Å². The summed E-state index contributed by atoms with van der Waals surface area (Å²) in [6.07, 6.45) is 2.85. The Morgan fingerprint density at radius 1 is 1.20 bits per heavy atom. The summed E-state index contributed by atoms with van der Waals surface area (Å²) in [5, 5.41) is 0. The SMILES string of the molecule is CC(C)(C)[C-]=O.N[C-]=O.[Y]. The third-order valence-corrected chi connectivity index (χ3v) is 0.306. The molecule has 0 aromatic carbocycles. The third-order valence-electron chi connectivity index (χ3n) is 0.306. The van der Waals surface area contributed by atoms with Gasteiger partial charge in [-0.2, -0.15) is 6.41 Å². The molecule has 0 aliphatic carbocycles. The monoisotopic (exact) mass is 218 g/mol. The van der Waals surface area contributed by atoms with Crippen molar-refractivity contribution in [2.75, 3.05) is 0 Å². The number of rotatable bonds is 0. The van der Waals surface area contributed by atoms with Gasteiger partial charge < -0.3 is 15.3 Å². The predicted molar refractivity (Wildman–Crippen MR) is 35.0 cm³/mol. The first-order valence-corrected chi connectivity index (χ1v) is 2.45. The van der Waals surface area contributed by atoms with E-state index in [0.717, 1.165) is 6.41 Å². The maximum Gasteiger partial charge on any atom is 0 e. The Labute approximate surface area is 86.6 Å². The smallest absolute Gasteiger partial charge is 0 e. The molecule has 0 rings (SSSR count). The number of amides is 1. The number of nitrogens with two attached hydrogens (primary N) is 1. The van der Waals surface area contributed by atoms with E-state index in [0.29, 0.717) is 0 Å². The summed E-state index contributed by atoms with van der Waals surface area (Å²) in [7, 11) is 0. The van der Waals surface area contributed by atoms with Crippen LogP contribution >= 0.6 is 0 Å². The summed E-state index contributed by atoms with van der Waals surface area (Å²) < 4.78 is 0.